The molecule has 1 atom stereocenters. The summed E-state index contributed by atoms with van der Waals surface area (Å²) in [6.45, 7) is 3.58. The summed E-state index contributed by atoms with van der Waals surface area (Å²) in [7, 11) is 0. The molecule has 7 heteroatoms. The van der Waals surface area contributed by atoms with Crippen molar-refractivity contribution in [3.63, 3.8) is 0 Å². The monoisotopic (exact) mass is 374 g/mol. The topological polar surface area (TPSA) is 52.9 Å². The lowest BCUT2D eigenvalue weighted by Gasteiger charge is -2.30. The second-order valence-corrected chi connectivity index (χ2v) is 7.04. The Morgan fingerprint density at radius 2 is 1.81 bits per heavy atom. The molecule has 4 nitrogen and oxygen atoms in total. The fraction of sp³-hybridized carbons (Fsp3) is 0.300. The summed E-state index contributed by atoms with van der Waals surface area (Å²) in [5.74, 6) is -0.519. The number of amidine groups is 1. The minimum Gasteiger partial charge on any atom is -0.374 e. The van der Waals surface area contributed by atoms with Gasteiger partial charge in [0.2, 0.25) is 5.78 Å². The number of aliphatic imine (C=N–C) groups is 1. The van der Waals surface area contributed by atoms with Crippen molar-refractivity contribution in [2.75, 3.05) is 11.4 Å². The van der Waals surface area contributed by atoms with Crippen LogP contribution in [0.4, 0.5) is 24.5 Å². The van der Waals surface area contributed by atoms with Crippen molar-refractivity contribution in [2.45, 2.75) is 32.0 Å². The molecule has 1 fully saturated rings. The van der Waals surface area contributed by atoms with E-state index in [1.807, 2.05) is 31.2 Å². The molecule has 0 aromatic heterocycles. The normalized spacial score (nSPS) is 21.8. The van der Waals surface area contributed by atoms with Crippen molar-refractivity contribution in [3.05, 3.63) is 58.7 Å². The average molecular weight is 374 g/mol. The van der Waals surface area contributed by atoms with E-state index in [1.165, 1.54) is 13.0 Å². The van der Waals surface area contributed by atoms with Gasteiger partial charge in [0.15, 0.2) is 5.60 Å². The van der Waals surface area contributed by atoms with Crippen LogP contribution in [-0.2, 0) is 6.18 Å². The van der Waals surface area contributed by atoms with Crippen molar-refractivity contribution in [1.82, 2.24) is 0 Å². The lowest BCUT2D eigenvalue weighted by Crippen LogP contribution is -2.48. The van der Waals surface area contributed by atoms with Gasteiger partial charge in [-0.2, -0.15) is 13.2 Å². The summed E-state index contributed by atoms with van der Waals surface area (Å²) in [4.78, 5) is 18.9. The third-order valence-corrected chi connectivity index (χ3v) is 5.16. The first-order valence-electron chi connectivity index (χ1n) is 8.53. The number of aliphatic hydroxyl groups is 1. The first kappa shape index (κ1) is 17.7. The van der Waals surface area contributed by atoms with Gasteiger partial charge in [0.05, 0.1) is 11.3 Å². The Hall–Kier alpha value is -2.67. The van der Waals surface area contributed by atoms with Crippen molar-refractivity contribution in [2.24, 2.45) is 4.99 Å². The van der Waals surface area contributed by atoms with Crippen LogP contribution in [0.2, 0.25) is 0 Å². The van der Waals surface area contributed by atoms with E-state index >= 15 is 0 Å². The van der Waals surface area contributed by atoms with Crippen molar-refractivity contribution in [3.8, 4) is 0 Å². The molecule has 1 unspecified atom stereocenters. The van der Waals surface area contributed by atoms with E-state index in [-0.39, 0.29) is 29.1 Å². The Morgan fingerprint density at radius 1 is 1.15 bits per heavy atom. The standard InChI is InChI=1S/C20H17F3N2O2/c1-11-3-5-13(6-4-11)25-8-7-19(27)17(26)14-9-12(2)15(20(21,22)23)10-16(14)24-18(19)25/h3-6,9-10,27H,7-8H2,1-2H3. The van der Waals surface area contributed by atoms with Crippen LogP contribution in [0, 0.1) is 13.8 Å². The highest BCUT2D eigenvalue weighted by molar-refractivity contribution is 6.28. The summed E-state index contributed by atoms with van der Waals surface area (Å²) in [5.41, 5.74) is -0.965. The quantitative estimate of drug-likeness (QED) is 0.814. The third kappa shape index (κ3) is 2.65. The largest absolute Gasteiger partial charge is 0.416 e. The van der Waals surface area contributed by atoms with Gasteiger partial charge in [-0.15, -0.1) is 0 Å². The molecule has 140 valence electrons. The Kier molecular flexibility index (Phi) is 3.72. The number of aryl methyl sites for hydroxylation is 2. The van der Waals surface area contributed by atoms with Crippen LogP contribution in [0.15, 0.2) is 41.4 Å². The predicted octanol–water partition coefficient (Wildman–Crippen LogP) is 4.19. The van der Waals surface area contributed by atoms with E-state index in [4.69, 9.17) is 0 Å². The minimum atomic E-state index is -4.54. The van der Waals surface area contributed by atoms with Gasteiger partial charge in [-0.3, -0.25) is 4.79 Å². The zero-order valence-corrected chi connectivity index (χ0v) is 14.8. The molecule has 27 heavy (non-hydrogen) atoms. The van der Waals surface area contributed by atoms with Gasteiger partial charge in [-0.1, -0.05) is 17.7 Å². The van der Waals surface area contributed by atoms with E-state index in [2.05, 4.69) is 4.99 Å². The number of carbonyl (C=O) groups is 1. The molecule has 2 aliphatic heterocycles. The number of carbonyl (C=O) groups excluding carboxylic acids is 1. The van der Waals surface area contributed by atoms with Crippen LogP contribution in [0.3, 0.4) is 0 Å². The maximum atomic E-state index is 13.2. The van der Waals surface area contributed by atoms with Crippen LogP contribution in [0.5, 0.6) is 0 Å². The minimum absolute atomic E-state index is 0.0255. The second-order valence-electron chi connectivity index (χ2n) is 7.04. The molecule has 0 amide bonds. The van der Waals surface area contributed by atoms with Gasteiger partial charge in [0.1, 0.15) is 5.84 Å². The summed E-state index contributed by atoms with van der Waals surface area (Å²) in [5, 5.41) is 11.0. The molecule has 0 saturated carbocycles. The first-order valence-corrected chi connectivity index (χ1v) is 8.53. The number of ketones is 1. The Bertz CT molecular complexity index is 980. The molecule has 1 saturated heterocycles. The number of halogens is 3. The molecule has 2 heterocycles. The van der Waals surface area contributed by atoms with Crippen molar-refractivity contribution >= 4 is 23.0 Å². The van der Waals surface area contributed by atoms with Crippen LogP contribution < -0.4 is 4.90 Å². The summed E-state index contributed by atoms with van der Waals surface area (Å²) in [6.07, 6.45) is -4.40. The van der Waals surface area contributed by atoms with E-state index in [9.17, 15) is 23.1 Å². The van der Waals surface area contributed by atoms with Crippen LogP contribution >= 0.6 is 0 Å². The third-order valence-electron chi connectivity index (χ3n) is 5.16. The van der Waals surface area contributed by atoms with Crippen LogP contribution in [0.25, 0.3) is 0 Å². The zero-order chi connectivity index (χ0) is 19.6. The zero-order valence-electron chi connectivity index (χ0n) is 14.8. The van der Waals surface area contributed by atoms with Crippen molar-refractivity contribution < 1.29 is 23.1 Å². The molecule has 1 N–H and O–H groups in total. The molecule has 4 rings (SSSR count). The highest BCUT2D eigenvalue weighted by Gasteiger charge is 2.52. The maximum Gasteiger partial charge on any atom is 0.416 e. The Morgan fingerprint density at radius 3 is 2.44 bits per heavy atom. The Balaban J connectivity index is 1.88. The number of nitrogens with zero attached hydrogens (tertiary/aromatic N) is 2. The number of fused-ring (bicyclic) bond motifs is 2. The Labute approximate surface area is 154 Å². The smallest absolute Gasteiger partial charge is 0.374 e. The SMILES string of the molecule is Cc1ccc(N2CCC3(O)C(=O)c4cc(C)c(C(F)(F)F)cc4N=C23)cc1. The molecule has 2 aromatic rings. The number of alkyl halides is 3. The van der Waals surface area contributed by atoms with Crippen LogP contribution in [-0.4, -0.2) is 28.9 Å². The van der Waals surface area contributed by atoms with Gasteiger partial charge in [-0.25, -0.2) is 4.99 Å². The summed E-state index contributed by atoms with van der Waals surface area (Å²) in [6, 6.07) is 9.50. The second kappa shape index (κ2) is 5.66. The fourth-order valence-corrected chi connectivity index (χ4v) is 3.67. The lowest BCUT2D eigenvalue weighted by atomic mass is 9.86. The molecule has 0 radical (unpaired) electrons. The van der Waals surface area contributed by atoms with E-state index in [0.29, 0.717) is 6.54 Å². The number of benzene rings is 2. The predicted molar refractivity (Wildman–Crippen MR) is 95.7 cm³/mol. The fourth-order valence-electron chi connectivity index (χ4n) is 3.67. The average Bonchev–Trinajstić information content (AvgIpc) is 2.93. The summed E-state index contributed by atoms with van der Waals surface area (Å²) >= 11 is 0. The van der Waals surface area contributed by atoms with Gasteiger partial charge in [-0.05, 0) is 43.7 Å². The lowest BCUT2D eigenvalue weighted by molar-refractivity contribution is -0.138. The first-order chi connectivity index (χ1) is 12.6. The maximum absolute atomic E-state index is 13.2. The number of hydrogen-bond donors (Lipinski definition) is 1. The molecule has 2 aromatic carbocycles. The number of rotatable bonds is 1. The van der Waals surface area contributed by atoms with Crippen molar-refractivity contribution in [1.29, 1.82) is 0 Å². The van der Waals surface area contributed by atoms with Gasteiger partial charge in [0, 0.05) is 24.2 Å². The molecule has 0 bridgehead atoms. The van der Waals surface area contributed by atoms with Gasteiger partial charge >= 0.3 is 6.18 Å². The number of Topliss-reactive ketones (excluding diaryl/α,β-unsaturated/α-hetero) is 1. The molecular formula is C20H17F3N2O2. The number of anilines is 1. The molecule has 0 spiro atoms. The van der Waals surface area contributed by atoms with E-state index in [1.54, 1.807) is 4.90 Å². The molecular weight excluding hydrogens is 357 g/mol. The van der Waals surface area contributed by atoms with Gasteiger partial charge < -0.3 is 10.0 Å². The molecule has 2 aliphatic rings. The number of hydrogen-bond acceptors (Lipinski definition) is 4. The van der Waals surface area contributed by atoms with Crippen LogP contribution in [0.1, 0.15) is 33.5 Å². The highest BCUT2D eigenvalue weighted by Crippen LogP contribution is 2.43. The van der Waals surface area contributed by atoms with E-state index < -0.39 is 23.1 Å². The summed E-state index contributed by atoms with van der Waals surface area (Å²) < 4.78 is 39.7. The highest BCUT2D eigenvalue weighted by atomic mass is 19.4. The van der Waals surface area contributed by atoms with E-state index in [0.717, 1.165) is 17.3 Å². The molecule has 0 aliphatic carbocycles. The van der Waals surface area contributed by atoms with Gasteiger partial charge in [0.25, 0.3) is 0 Å².